The predicted molar refractivity (Wildman–Crippen MR) is 105 cm³/mol. The quantitative estimate of drug-likeness (QED) is 0.670. The number of amides is 1. The second-order valence-electron chi connectivity index (χ2n) is 5.82. The molecule has 0 heterocycles. The number of carbonyl (C=O) groups is 1. The van der Waals surface area contributed by atoms with E-state index in [0.29, 0.717) is 29.4 Å². The number of rotatable bonds is 7. The largest absolute Gasteiger partial charge is 0.497 e. The van der Waals surface area contributed by atoms with Crippen LogP contribution in [0, 0.1) is 0 Å². The van der Waals surface area contributed by atoms with E-state index in [2.05, 4.69) is 5.32 Å². The highest BCUT2D eigenvalue weighted by Gasteiger charge is 2.10. The molecule has 1 amide bonds. The topological polar surface area (TPSA) is 56.8 Å². The van der Waals surface area contributed by atoms with E-state index in [4.69, 9.17) is 14.2 Å². The number of nitrogens with one attached hydrogen (secondary N) is 1. The molecular formula is C22H21NO4. The molecule has 0 spiro atoms. The molecule has 0 atom stereocenters. The zero-order valence-electron chi connectivity index (χ0n) is 15.3. The van der Waals surface area contributed by atoms with E-state index in [1.807, 2.05) is 48.5 Å². The Labute approximate surface area is 158 Å². The number of hydrogen-bond donors (Lipinski definition) is 1. The van der Waals surface area contributed by atoms with Gasteiger partial charge in [-0.05, 0) is 54.1 Å². The Balaban J connectivity index is 1.68. The number of ether oxygens (including phenoxy) is 3. The lowest BCUT2D eigenvalue weighted by Gasteiger charge is -2.13. The van der Waals surface area contributed by atoms with E-state index in [1.54, 1.807) is 38.5 Å². The van der Waals surface area contributed by atoms with Crippen LogP contribution in [0.4, 0.5) is 5.69 Å². The van der Waals surface area contributed by atoms with Crippen molar-refractivity contribution < 1.29 is 19.0 Å². The first-order chi connectivity index (χ1) is 13.2. The molecular weight excluding hydrogens is 342 g/mol. The van der Waals surface area contributed by atoms with E-state index in [9.17, 15) is 4.79 Å². The predicted octanol–water partition coefficient (Wildman–Crippen LogP) is 4.54. The van der Waals surface area contributed by atoms with Crippen LogP contribution in [0.1, 0.15) is 15.9 Å². The first-order valence-corrected chi connectivity index (χ1v) is 8.50. The molecule has 3 aromatic rings. The Kier molecular flexibility index (Phi) is 5.94. The molecule has 0 saturated carbocycles. The number of methoxy groups -OCH3 is 2. The Bertz CT molecular complexity index is 889. The van der Waals surface area contributed by atoms with E-state index in [-0.39, 0.29) is 5.91 Å². The number of para-hydroxylation sites is 2. The summed E-state index contributed by atoms with van der Waals surface area (Å²) in [6.45, 7) is 0.388. The molecule has 1 N–H and O–H groups in total. The summed E-state index contributed by atoms with van der Waals surface area (Å²) in [6, 6.07) is 21.9. The minimum absolute atomic E-state index is 0.210. The maximum Gasteiger partial charge on any atom is 0.255 e. The molecule has 5 heteroatoms. The Morgan fingerprint density at radius 2 is 1.41 bits per heavy atom. The van der Waals surface area contributed by atoms with Gasteiger partial charge in [0.1, 0.15) is 23.9 Å². The zero-order chi connectivity index (χ0) is 19.1. The van der Waals surface area contributed by atoms with Gasteiger partial charge in [-0.15, -0.1) is 0 Å². The molecule has 0 saturated heterocycles. The van der Waals surface area contributed by atoms with Crippen molar-refractivity contribution >= 4 is 11.6 Å². The number of carbonyl (C=O) groups excluding carboxylic acids is 1. The zero-order valence-corrected chi connectivity index (χ0v) is 15.3. The van der Waals surface area contributed by atoms with Crippen molar-refractivity contribution in [3.05, 3.63) is 83.9 Å². The summed E-state index contributed by atoms with van der Waals surface area (Å²) in [5, 5.41) is 2.89. The van der Waals surface area contributed by atoms with Gasteiger partial charge in [-0.2, -0.15) is 0 Å². The third-order valence-corrected chi connectivity index (χ3v) is 4.04. The van der Waals surface area contributed by atoms with Crippen molar-refractivity contribution in [1.82, 2.24) is 0 Å². The Morgan fingerprint density at radius 1 is 0.815 bits per heavy atom. The van der Waals surface area contributed by atoms with Gasteiger partial charge in [-0.3, -0.25) is 4.79 Å². The van der Waals surface area contributed by atoms with Gasteiger partial charge in [0.2, 0.25) is 0 Å². The van der Waals surface area contributed by atoms with E-state index in [1.165, 1.54) is 0 Å². The molecule has 5 nitrogen and oxygen atoms in total. The summed E-state index contributed by atoms with van der Waals surface area (Å²) in [4.78, 5) is 12.5. The monoisotopic (exact) mass is 363 g/mol. The molecule has 0 aliphatic carbocycles. The van der Waals surface area contributed by atoms with Crippen molar-refractivity contribution in [3.8, 4) is 17.2 Å². The summed E-state index contributed by atoms with van der Waals surface area (Å²) in [5.74, 6) is 1.90. The molecule has 3 aromatic carbocycles. The smallest absolute Gasteiger partial charge is 0.255 e. The van der Waals surface area contributed by atoms with Crippen LogP contribution in [-0.2, 0) is 6.61 Å². The number of hydrogen-bond acceptors (Lipinski definition) is 4. The molecule has 0 unspecified atom stereocenters. The minimum atomic E-state index is -0.210. The van der Waals surface area contributed by atoms with Crippen LogP contribution in [0.3, 0.4) is 0 Å². The molecule has 27 heavy (non-hydrogen) atoms. The summed E-state index contributed by atoms with van der Waals surface area (Å²) in [7, 11) is 3.22. The molecule has 0 bridgehead atoms. The third-order valence-electron chi connectivity index (χ3n) is 4.04. The Hall–Kier alpha value is -3.47. The second-order valence-corrected chi connectivity index (χ2v) is 5.82. The lowest BCUT2D eigenvalue weighted by atomic mass is 10.2. The van der Waals surface area contributed by atoms with Gasteiger partial charge in [0, 0.05) is 5.56 Å². The highest BCUT2D eigenvalue weighted by atomic mass is 16.5. The fourth-order valence-corrected chi connectivity index (χ4v) is 2.52. The standard InChI is InChI=1S/C22H21NO4/c1-25-18-11-7-16(8-12-18)15-27-21-6-4-3-5-20(21)23-22(24)17-9-13-19(26-2)14-10-17/h3-14H,15H2,1-2H3,(H,23,24). The van der Waals surface area contributed by atoms with E-state index < -0.39 is 0 Å². The molecule has 0 radical (unpaired) electrons. The second kappa shape index (κ2) is 8.76. The lowest BCUT2D eigenvalue weighted by molar-refractivity contribution is 0.102. The van der Waals surface area contributed by atoms with Gasteiger partial charge in [0.15, 0.2) is 0 Å². The van der Waals surface area contributed by atoms with Crippen molar-refractivity contribution in [1.29, 1.82) is 0 Å². The average Bonchev–Trinajstić information content (AvgIpc) is 2.73. The molecule has 3 rings (SSSR count). The van der Waals surface area contributed by atoms with Gasteiger partial charge in [0.05, 0.1) is 19.9 Å². The van der Waals surface area contributed by atoms with Gasteiger partial charge < -0.3 is 19.5 Å². The molecule has 0 fully saturated rings. The van der Waals surface area contributed by atoms with E-state index in [0.717, 1.165) is 11.3 Å². The summed E-state index contributed by atoms with van der Waals surface area (Å²) >= 11 is 0. The highest BCUT2D eigenvalue weighted by Crippen LogP contribution is 2.26. The summed E-state index contributed by atoms with van der Waals surface area (Å²) < 4.78 is 16.2. The Morgan fingerprint density at radius 3 is 2.04 bits per heavy atom. The number of anilines is 1. The van der Waals surface area contributed by atoms with Crippen LogP contribution < -0.4 is 19.5 Å². The molecule has 0 aliphatic rings. The first-order valence-electron chi connectivity index (χ1n) is 8.50. The van der Waals surface area contributed by atoms with Crippen molar-refractivity contribution in [2.75, 3.05) is 19.5 Å². The number of benzene rings is 3. The highest BCUT2D eigenvalue weighted by molar-refractivity contribution is 6.05. The van der Waals surface area contributed by atoms with Gasteiger partial charge >= 0.3 is 0 Å². The van der Waals surface area contributed by atoms with Crippen LogP contribution >= 0.6 is 0 Å². The maximum absolute atomic E-state index is 12.5. The van der Waals surface area contributed by atoms with Crippen LogP contribution in [0.25, 0.3) is 0 Å². The summed E-state index contributed by atoms with van der Waals surface area (Å²) in [5.41, 5.74) is 2.17. The van der Waals surface area contributed by atoms with Crippen LogP contribution in [-0.4, -0.2) is 20.1 Å². The maximum atomic E-state index is 12.5. The van der Waals surface area contributed by atoms with Crippen molar-refractivity contribution in [2.24, 2.45) is 0 Å². The minimum Gasteiger partial charge on any atom is -0.497 e. The van der Waals surface area contributed by atoms with Crippen molar-refractivity contribution in [2.45, 2.75) is 6.61 Å². The van der Waals surface area contributed by atoms with E-state index >= 15 is 0 Å². The van der Waals surface area contributed by atoms with Gasteiger partial charge in [0.25, 0.3) is 5.91 Å². The molecule has 138 valence electrons. The first kappa shape index (κ1) is 18.3. The lowest BCUT2D eigenvalue weighted by Crippen LogP contribution is -2.12. The molecule has 0 aromatic heterocycles. The average molecular weight is 363 g/mol. The molecule has 0 aliphatic heterocycles. The summed E-state index contributed by atoms with van der Waals surface area (Å²) in [6.07, 6.45) is 0. The van der Waals surface area contributed by atoms with Crippen LogP contribution in [0.15, 0.2) is 72.8 Å². The van der Waals surface area contributed by atoms with Gasteiger partial charge in [-0.1, -0.05) is 24.3 Å². The fourth-order valence-electron chi connectivity index (χ4n) is 2.52. The fraction of sp³-hybridized carbons (Fsp3) is 0.136. The third kappa shape index (κ3) is 4.79. The van der Waals surface area contributed by atoms with Gasteiger partial charge in [-0.25, -0.2) is 0 Å². The SMILES string of the molecule is COc1ccc(COc2ccccc2NC(=O)c2ccc(OC)cc2)cc1. The van der Waals surface area contributed by atoms with Crippen molar-refractivity contribution in [3.63, 3.8) is 0 Å². The van der Waals surface area contributed by atoms with Crippen LogP contribution in [0.5, 0.6) is 17.2 Å². The van der Waals surface area contributed by atoms with Crippen LogP contribution in [0.2, 0.25) is 0 Å². The normalized spacial score (nSPS) is 10.1.